The molecule has 0 spiro atoms. The number of aryl methyl sites for hydroxylation is 1. The molecule has 0 aliphatic rings. The van der Waals surface area contributed by atoms with Gasteiger partial charge in [0.25, 0.3) is 0 Å². The highest BCUT2D eigenvalue weighted by Gasteiger charge is 2.11. The van der Waals surface area contributed by atoms with Crippen molar-refractivity contribution in [3.05, 3.63) is 24.3 Å². The van der Waals surface area contributed by atoms with Crippen molar-refractivity contribution in [2.24, 2.45) is 0 Å². The van der Waals surface area contributed by atoms with E-state index in [9.17, 15) is 4.79 Å². The van der Waals surface area contributed by atoms with Gasteiger partial charge in [-0.15, -0.1) is 0 Å². The van der Waals surface area contributed by atoms with Gasteiger partial charge in [0.15, 0.2) is 0 Å². The van der Waals surface area contributed by atoms with Crippen LogP contribution in [0.25, 0.3) is 11.4 Å². The summed E-state index contributed by atoms with van der Waals surface area (Å²) < 4.78 is 6.44. The van der Waals surface area contributed by atoms with Crippen molar-refractivity contribution >= 4 is 5.97 Å². The van der Waals surface area contributed by atoms with Crippen molar-refractivity contribution in [2.45, 2.75) is 19.9 Å². The first kappa shape index (κ1) is 11.4. The van der Waals surface area contributed by atoms with E-state index >= 15 is 0 Å². The van der Waals surface area contributed by atoms with Gasteiger partial charge < -0.3 is 9.72 Å². The van der Waals surface area contributed by atoms with Crippen LogP contribution in [-0.4, -0.2) is 32.8 Å². The standard InChI is InChI=1S/C11H14N4O2/c1-3-4-15-7-8(5-13-15)10-12-6-9(14-10)11(16)17-2/h5-7H,3-4H2,1-2H3,(H,12,14). The Bertz CT molecular complexity index is 515. The van der Waals surface area contributed by atoms with E-state index in [4.69, 9.17) is 0 Å². The lowest BCUT2D eigenvalue weighted by molar-refractivity contribution is 0.0595. The number of hydrogen-bond acceptors (Lipinski definition) is 4. The smallest absolute Gasteiger partial charge is 0.356 e. The number of nitrogens with zero attached hydrogens (tertiary/aromatic N) is 3. The molecule has 0 aromatic carbocycles. The van der Waals surface area contributed by atoms with Crippen molar-refractivity contribution in [3.63, 3.8) is 0 Å². The first-order valence-corrected chi connectivity index (χ1v) is 5.40. The molecule has 17 heavy (non-hydrogen) atoms. The van der Waals surface area contributed by atoms with Gasteiger partial charge >= 0.3 is 5.97 Å². The van der Waals surface area contributed by atoms with Crippen molar-refractivity contribution in [1.29, 1.82) is 0 Å². The molecule has 1 N–H and O–H groups in total. The summed E-state index contributed by atoms with van der Waals surface area (Å²) >= 11 is 0. The van der Waals surface area contributed by atoms with Crippen LogP contribution in [0.3, 0.4) is 0 Å². The van der Waals surface area contributed by atoms with Crippen LogP contribution in [0.15, 0.2) is 18.6 Å². The molecule has 0 atom stereocenters. The number of H-pyrrole nitrogens is 1. The number of carbonyl (C=O) groups excluding carboxylic acids is 1. The molecule has 2 heterocycles. The van der Waals surface area contributed by atoms with Crippen molar-refractivity contribution < 1.29 is 9.53 Å². The van der Waals surface area contributed by atoms with Crippen LogP contribution in [-0.2, 0) is 11.3 Å². The van der Waals surface area contributed by atoms with E-state index in [0.29, 0.717) is 11.5 Å². The number of rotatable bonds is 4. The highest BCUT2D eigenvalue weighted by Crippen LogP contribution is 2.14. The summed E-state index contributed by atoms with van der Waals surface area (Å²) in [4.78, 5) is 18.3. The number of carbonyl (C=O) groups is 1. The van der Waals surface area contributed by atoms with Crippen LogP contribution in [0.4, 0.5) is 0 Å². The second-order valence-electron chi connectivity index (χ2n) is 3.63. The van der Waals surface area contributed by atoms with Crippen LogP contribution < -0.4 is 0 Å². The Morgan fingerprint density at radius 2 is 2.35 bits per heavy atom. The largest absolute Gasteiger partial charge is 0.464 e. The zero-order valence-electron chi connectivity index (χ0n) is 9.80. The van der Waals surface area contributed by atoms with Gasteiger partial charge in [0.2, 0.25) is 0 Å². The molecule has 0 aliphatic heterocycles. The molecule has 0 amide bonds. The summed E-state index contributed by atoms with van der Waals surface area (Å²) in [5.74, 6) is 0.192. The summed E-state index contributed by atoms with van der Waals surface area (Å²) in [7, 11) is 1.34. The van der Waals surface area contributed by atoms with Crippen LogP contribution in [0, 0.1) is 0 Å². The van der Waals surface area contributed by atoms with Crippen molar-refractivity contribution in [3.8, 4) is 11.4 Å². The maximum absolute atomic E-state index is 11.3. The van der Waals surface area contributed by atoms with E-state index in [0.717, 1.165) is 18.5 Å². The topological polar surface area (TPSA) is 72.8 Å². The number of imidazole rings is 1. The Hall–Kier alpha value is -2.11. The van der Waals surface area contributed by atoms with Crippen LogP contribution in [0.2, 0.25) is 0 Å². The molecule has 0 aliphatic carbocycles. The Morgan fingerprint density at radius 3 is 3.06 bits per heavy atom. The lowest BCUT2D eigenvalue weighted by Gasteiger charge is -1.95. The molecule has 0 saturated carbocycles. The van der Waals surface area contributed by atoms with Gasteiger partial charge in [0, 0.05) is 12.7 Å². The number of ether oxygens (including phenoxy) is 1. The van der Waals surface area contributed by atoms with Gasteiger partial charge in [-0.25, -0.2) is 9.78 Å². The maximum Gasteiger partial charge on any atom is 0.356 e. The van der Waals surface area contributed by atoms with Gasteiger partial charge in [-0.3, -0.25) is 4.68 Å². The summed E-state index contributed by atoms with van der Waals surface area (Å²) in [6, 6.07) is 0. The van der Waals surface area contributed by atoms with Crippen molar-refractivity contribution in [2.75, 3.05) is 7.11 Å². The first-order valence-electron chi connectivity index (χ1n) is 5.40. The van der Waals surface area contributed by atoms with Gasteiger partial charge in [-0.1, -0.05) is 6.92 Å². The predicted octanol–water partition coefficient (Wildman–Crippen LogP) is 1.47. The molecule has 6 nitrogen and oxygen atoms in total. The highest BCUT2D eigenvalue weighted by atomic mass is 16.5. The fourth-order valence-electron chi connectivity index (χ4n) is 1.52. The van der Waals surface area contributed by atoms with Gasteiger partial charge in [0.05, 0.1) is 25.1 Å². The summed E-state index contributed by atoms with van der Waals surface area (Å²) in [5, 5.41) is 4.20. The average Bonchev–Trinajstić information content (AvgIpc) is 2.96. The number of methoxy groups -OCH3 is 1. The van der Waals surface area contributed by atoms with E-state index in [1.54, 1.807) is 6.20 Å². The minimum atomic E-state index is -0.426. The summed E-state index contributed by atoms with van der Waals surface area (Å²) in [6.45, 7) is 2.95. The van der Waals surface area contributed by atoms with Crippen LogP contribution in [0.1, 0.15) is 23.8 Å². The van der Waals surface area contributed by atoms with Crippen molar-refractivity contribution in [1.82, 2.24) is 19.7 Å². The normalized spacial score (nSPS) is 10.5. The minimum Gasteiger partial charge on any atom is -0.464 e. The third-order valence-electron chi connectivity index (χ3n) is 2.34. The van der Waals surface area contributed by atoms with Crippen LogP contribution in [0.5, 0.6) is 0 Å². The molecule has 2 aromatic rings. The molecule has 0 bridgehead atoms. The first-order chi connectivity index (χ1) is 8.24. The predicted molar refractivity (Wildman–Crippen MR) is 61.4 cm³/mol. The Kier molecular flexibility index (Phi) is 3.22. The molecular weight excluding hydrogens is 220 g/mol. The molecule has 0 radical (unpaired) electrons. The Balaban J connectivity index is 2.21. The molecule has 2 aromatic heterocycles. The second kappa shape index (κ2) is 4.82. The monoisotopic (exact) mass is 234 g/mol. The number of aromatic amines is 1. The number of esters is 1. The lowest BCUT2D eigenvalue weighted by Crippen LogP contribution is -2.00. The van der Waals surface area contributed by atoms with E-state index in [2.05, 4.69) is 26.7 Å². The van der Waals surface area contributed by atoms with Gasteiger partial charge in [0.1, 0.15) is 11.5 Å². The zero-order chi connectivity index (χ0) is 12.3. The zero-order valence-corrected chi connectivity index (χ0v) is 9.80. The molecule has 2 rings (SSSR count). The minimum absolute atomic E-state index is 0.339. The SMILES string of the molecule is CCCn1cc(-c2ncc(C(=O)OC)[nH]2)cn1. The Labute approximate surface area is 98.6 Å². The van der Waals surface area contributed by atoms with Gasteiger partial charge in [-0.05, 0) is 6.42 Å². The second-order valence-corrected chi connectivity index (χ2v) is 3.63. The van der Waals surface area contributed by atoms with E-state index < -0.39 is 5.97 Å². The maximum atomic E-state index is 11.3. The molecular formula is C11H14N4O2. The van der Waals surface area contributed by atoms with E-state index in [1.807, 2.05) is 10.9 Å². The van der Waals surface area contributed by atoms with Crippen LogP contribution >= 0.6 is 0 Å². The fraction of sp³-hybridized carbons (Fsp3) is 0.364. The molecule has 0 fully saturated rings. The summed E-state index contributed by atoms with van der Waals surface area (Å²) in [6.07, 6.45) is 6.09. The van der Waals surface area contributed by atoms with E-state index in [-0.39, 0.29) is 0 Å². The highest BCUT2D eigenvalue weighted by molar-refractivity contribution is 5.87. The molecule has 0 saturated heterocycles. The molecule has 6 heteroatoms. The van der Waals surface area contributed by atoms with E-state index in [1.165, 1.54) is 13.3 Å². The fourth-order valence-corrected chi connectivity index (χ4v) is 1.52. The number of aromatic nitrogens is 4. The third kappa shape index (κ3) is 2.35. The Morgan fingerprint density at radius 1 is 1.53 bits per heavy atom. The molecule has 0 unspecified atom stereocenters. The van der Waals surface area contributed by atoms with Gasteiger partial charge in [-0.2, -0.15) is 5.10 Å². The number of nitrogens with one attached hydrogen (secondary N) is 1. The molecule has 90 valence electrons. The number of hydrogen-bond donors (Lipinski definition) is 1. The third-order valence-corrected chi connectivity index (χ3v) is 2.34. The summed E-state index contributed by atoms with van der Waals surface area (Å²) in [5.41, 5.74) is 1.19. The lowest BCUT2D eigenvalue weighted by atomic mass is 10.3. The quantitative estimate of drug-likeness (QED) is 0.813. The average molecular weight is 234 g/mol.